The number of carboxylic acids is 2. The van der Waals surface area contributed by atoms with E-state index in [9.17, 15) is 19.8 Å². The Bertz CT molecular complexity index is 298. The highest BCUT2D eigenvalue weighted by Gasteiger charge is 2.56. The standard InChI is InChI=1S/C10H14O4/c1-10(9(13)14)6-3-2-5(4-6)7(10)8(11)12/h5-7H,2-4H2,1H3,(H,11,12)(H,13,14)/p-2/t5-,6-,7+,10+/m1/s1. The molecular weight excluding hydrogens is 184 g/mol. The van der Waals surface area contributed by atoms with E-state index >= 15 is 0 Å². The van der Waals surface area contributed by atoms with Crippen LogP contribution in [-0.2, 0) is 9.59 Å². The second kappa shape index (κ2) is 2.72. The fourth-order valence-electron chi connectivity index (χ4n) is 3.34. The van der Waals surface area contributed by atoms with E-state index in [0.717, 1.165) is 12.8 Å². The van der Waals surface area contributed by atoms with Gasteiger partial charge in [0.15, 0.2) is 0 Å². The first kappa shape index (κ1) is 9.49. The first-order valence-electron chi connectivity index (χ1n) is 4.90. The van der Waals surface area contributed by atoms with Crippen molar-refractivity contribution < 1.29 is 19.8 Å². The van der Waals surface area contributed by atoms with Crippen LogP contribution in [0.5, 0.6) is 0 Å². The fraction of sp³-hybridized carbons (Fsp3) is 0.800. The average molecular weight is 196 g/mol. The molecule has 0 radical (unpaired) electrons. The molecule has 2 rings (SSSR count). The van der Waals surface area contributed by atoms with Gasteiger partial charge < -0.3 is 19.8 Å². The van der Waals surface area contributed by atoms with Gasteiger partial charge in [0.2, 0.25) is 0 Å². The first-order valence-corrected chi connectivity index (χ1v) is 4.90. The molecule has 2 saturated carbocycles. The molecule has 0 heterocycles. The van der Waals surface area contributed by atoms with Crippen LogP contribution in [0.3, 0.4) is 0 Å². The van der Waals surface area contributed by atoms with E-state index in [4.69, 9.17) is 0 Å². The highest BCUT2D eigenvalue weighted by atomic mass is 16.4. The van der Waals surface area contributed by atoms with E-state index in [-0.39, 0.29) is 11.8 Å². The predicted molar refractivity (Wildman–Crippen MR) is 42.4 cm³/mol. The maximum absolute atomic E-state index is 11.0. The Morgan fingerprint density at radius 2 is 1.93 bits per heavy atom. The van der Waals surface area contributed by atoms with Gasteiger partial charge >= 0.3 is 0 Å². The molecule has 0 unspecified atom stereocenters. The lowest BCUT2D eigenvalue weighted by Crippen LogP contribution is -2.54. The lowest BCUT2D eigenvalue weighted by Gasteiger charge is -2.42. The van der Waals surface area contributed by atoms with Gasteiger partial charge in [0.1, 0.15) is 0 Å². The van der Waals surface area contributed by atoms with Gasteiger partial charge in [-0.15, -0.1) is 0 Å². The number of carbonyl (C=O) groups excluding carboxylic acids is 2. The molecule has 78 valence electrons. The van der Waals surface area contributed by atoms with Crippen LogP contribution in [0, 0.1) is 23.2 Å². The first-order chi connectivity index (χ1) is 6.48. The van der Waals surface area contributed by atoms with Gasteiger partial charge in [-0.3, -0.25) is 0 Å². The predicted octanol–water partition coefficient (Wildman–Crippen LogP) is -1.46. The van der Waals surface area contributed by atoms with Crippen LogP contribution in [0.1, 0.15) is 26.2 Å². The lowest BCUT2D eigenvalue weighted by molar-refractivity contribution is -0.337. The molecule has 0 N–H and O–H groups in total. The normalized spacial score (nSPS) is 45.4. The molecule has 0 aliphatic heterocycles. The number of hydrogen-bond acceptors (Lipinski definition) is 4. The molecule has 2 fully saturated rings. The van der Waals surface area contributed by atoms with E-state index in [2.05, 4.69) is 0 Å². The van der Waals surface area contributed by atoms with Crippen molar-refractivity contribution in [2.24, 2.45) is 23.2 Å². The second-order valence-electron chi connectivity index (χ2n) is 4.64. The summed E-state index contributed by atoms with van der Waals surface area (Å²) in [4.78, 5) is 21.9. The van der Waals surface area contributed by atoms with Crippen molar-refractivity contribution in [1.82, 2.24) is 0 Å². The third-order valence-corrected chi connectivity index (χ3v) is 4.13. The van der Waals surface area contributed by atoms with Crippen molar-refractivity contribution in [2.75, 3.05) is 0 Å². The van der Waals surface area contributed by atoms with E-state index in [1.54, 1.807) is 0 Å². The Morgan fingerprint density at radius 3 is 2.36 bits per heavy atom. The Hall–Kier alpha value is -1.06. The van der Waals surface area contributed by atoms with Gasteiger partial charge in [-0.2, -0.15) is 0 Å². The number of carboxylic acid groups (broad SMARTS) is 2. The van der Waals surface area contributed by atoms with Gasteiger partial charge in [-0.05, 0) is 31.1 Å². The molecule has 4 atom stereocenters. The minimum atomic E-state index is -1.24. The summed E-state index contributed by atoms with van der Waals surface area (Å²) in [7, 11) is 0. The number of aliphatic carboxylic acids is 2. The molecular formula is C10H12O4-2. The Morgan fingerprint density at radius 1 is 1.29 bits per heavy atom. The molecule has 0 spiro atoms. The molecule has 0 saturated heterocycles. The molecule has 0 aromatic heterocycles. The van der Waals surface area contributed by atoms with Gasteiger partial charge in [0.25, 0.3) is 0 Å². The van der Waals surface area contributed by atoms with E-state index in [1.165, 1.54) is 6.92 Å². The number of hydrogen-bond donors (Lipinski definition) is 0. The van der Waals surface area contributed by atoms with Crippen LogP contribution in [-0.4, -0.2) is 11.9 Å². The molecule has 2 bridgehead atoms. The molecule has 0 aromatic carbocycles. The second-order valence-corrected chi connectivity index (χ2v) is 4.64. The quantitative estimate of drug-likeness (QED) is 0.540. The van der Waals surface area contributed by atoms with Crippen molar-refractivity contribution in [3.8, 4) is 0 Å². The zero-order valence-corrected chi connectivity index (χ0v) is 7.99. The number of fused-ring (bicyclic) bond motifs is 2. The molecule has 0 aromatic rings. The third kappa shape index (κ3) is 0.938. The highest BCUT2D eigenvalue weighted by molar-refractivity contribution is 5.82. The van der Waals surface area contributed by atoms with Crippen LogP contribution < -0.4 is 10.2 Å². The minimum Gasteiger partial charge on any atom is -0.550 e. The maximum atomic E-state index is 11.0. The Balaban J connectivity index is 2.39. The van der Waals surface area contributed by atoms with Crippen LogP contribution in [0.2, 0.25) is 0 Å². The molecule has 0 amide bonds. The van der Waals surface area contributed by atoms with Crippen LogP contribution >= 0.6 is 0 Å². The van der Waals surface area contributed by atoms with Crippen molar-refractivity contribution in [3.05, 3.63) is 0 Å². The van der Waals surface area contributed by atoms with Crippen LogP contribution in [0.15, 0.2) is 0 Å². The van der Waals surface area contributed by atoms with Gasteiger partial charge in [0.05, 0.1) is 0 Å². The maximum Gasteiger partial charge on any atom is 0.0482 e. The summed E-state index contributed by atoms with van der Waals surface area (Å²) in [6.07, 6.45) is 2.31. The summed E-state index contributed by atoms with van der Waals surface area (Å²) in [6.45, 7) is 1.49. The summed E-state index contributed by atoms with van der Waals surface area (Å²) < 4.78 is 0. The smallest absolute Gasteiger partial charge is 0.0482 e. The topological polar surface area (TPSA) is 80.3 Å². The van der Waals surface area contributed by atoms with Crippen molar-refractivity contribution in [3.63, 3.8) is 0 Å². The summed E-state index contributed by atoms with van der Waals surface area (Å²) in [6, 6.07) is 0. The number of carbonyl (C=O) groups is 2. The van der Waals surface area contributed by atoms with Gasteiger partial charge in [0, 0.05) is 23.3 Å². The average Bonchev–Trinajstić information content (AvgIpc) is 2.61. The van der Waals surface area contributed by atoms with Gasteiger partial charge in [-0.1, -0.05) is 6.92 Å². The van der Waals surface area contributed by atoms with Crippen molar-refractivity contribution in [2.45, 2.75) is 26.2 Å². The minimum absolute atomic E-state index is 0.0205. The lowest BCUT2D eigenvalue weighted by atomic mass is 9.67. The number of rotatable bonds is 2. The Labute approximate surface area is 81.9 Å². The molecule has 14 heavy (non-hydrogen) atoms. The van der Waals surface area contributed by atoms with Crippen molar-refractivity contribution >= 4 is 11.9 Å². The molecule has 4 nitrogen and oxygen atoms in total. The summed E-state index contributed by atoms with van der Waals surface area (Å²) >= 11 is 0. The van der Waals surface area contributed by atoms with E-state index < -0.39 is 23.3 Å². The zero-order chi connectivity index (χ0) is 10.5. The van der Waals surface area contributed by atoms with Gasteiger partial charge in [-0.25, -0.2) is 0 Å². The van der Waals surface area contributed by atoms with E-state index in [1.807, 2.05) is 0 Å². The molecule has 4 heteroatoms. The largest absolute Gasteiger partial charge is 0.550 e. The SMILES string of the molecule is C[C@]1(C(=O)[O-])[C@@H]2CC[C@H](C2)[C@H]1C(=O)[O-]. The Kier molecular flexibility index (Phi) is 1.84. The van der Waals surface area contributed by atoms with Crippen LogP contribution in [0.4, 0.5) is 0 Å². The monoisotopic (exact) mass is 196 g/mol. The van der Waals surface area contributed by atoms with E-state index in [0.29, 0.717) is 6.42 Å². The zero-order valence-electron chi connectivity index (χ0n) is 7.99. The van der Waals surface area contributed by atoms with Crippen molar-refractivity contribution in [1.29, 1.82) is 0 Å². The fourth-order valence-corrected chi connectivity index (χ4v) is 3.34. The third-order valence-electron chi connectivity index (χ3n) is 4.13. The van der Waals surface area contributed by atoms with Crippen LogP contribution in [0.25, 0.3) is 0 Å². The highest BCUT2D eigenvalue weighted by Crippen LogP contribution is 2.59. The molecule has 2 aliphatic carbocycles. The summed E-state index contributed by atoms with van der Waals surface area (Å²) in [5.74, 6) is -3.39. The summed E-state index contributed by atoms with van der Waals surface area (Å²) in [5, 5.41) is 21.9. The molecule has 2 aliphatic rings. The summed E-state index contributed by atoms with van der Waals surface area (Å²) in [5.41, 5.74) is -1.21.